The molecule has 4 nitrogen and oxygen atoms in total. The van der Waals surface area contributed by atoms with Crippen LogP contribution in [0.25, 0.3) is 17.3 Å². The lowest BCUT2D eigenvalue weighted by Gasteiger charge is -2.43. The molecule has 37 heavy (non-hydrogen) atoms. The minimum Gasteiger partial charge on any atom is -0.347 e. The van der Waals surface area contributed by atoms with Crippen LogP contribution in [0, 0.1) is 23.7 Å². The zero-order valence-corrected chi connectivity index (χ0v) is 24.1. The van der Waals surface area contributed by atoms with Crippen molar-refractivity contribution in [3.8, 4) is 5.69 Å². The van der Waals surface area contributed by atoms with Gasteiger partial charge in [-0.1, -0.05) is 67.7 Å². The first-order chi connectivity index (χ1) is 17.4. The second kappa shape index (κ2) is 9.48. The Morgan fingerprint density at radius 3 is 2.38 bits per heavy atom. The van der Waals surface area contributed by atoms with E-state index in [1.54, 1.807) is 16.8 Å². The number of rotatable bonds is 5. The predicted molar refractivity (Wildman–Crippen MR) is 154 cm³/mol. The van der Waals surface area contributed by atoms with E-state index in [-0.39, 0.29) is 22.8 Å². The highest BCUT2D eigenvalue weighted by atomic mass is 35.5. The van der Waals surface area contributed by atoms with Crippen LogP contribution in [-0.4, -0.2) is 21.7 Å². The number of amides is 1. The number of allylic oxidation sites excluding steroid dienone is 1. The number of hydrogen-bond acceptors (Lipinski definition) is 2. The van der Waals surface area contributed by atoms with Gasteiger partial charge < -0.3 is 5.32 Å². The third-order valence-electron chi connectivity index (χ3n) is 8.65. The van der Waals surface area contributed by atoms with Crippen LogP contribution in [0.5, 0.6) is 0 Å². The van der Waals surface area contributed by atoms with E-state index in [4.69, 9.17) is 39.9 Å². The van der Waals surface area contributed by atoms with E-state index in [0.29, 0.717) is 32.4 Å². The molecule has 5 rings (SSSR count). The highest BCUT2D eigenvalue weighted by molar-refractivity contribution is 6.35. The first kappa shape index (κ1) is 26.3. The van der Waals surface area contributed by atoms with Crippen molar-refractivity contribution in [3.63, 3.8) is 0 Å². The molecule has 2 aromatic carbocycles. The number of carbonyl (C=O) groups is 1. The molecule has 1 amide bonds. The van der Waals surface area contributed by atoms with Gasteiger partial charge in [0.15, 0.2) is 5.69 Å². The van der Waals surface area contributed by atoms with Gasteiger partial charge in [0, 0.05) is 21.7 Å². The maximum Gasteiger partial charge on any atom is 0.272 e. The maximum atomic E-state index is 13.8. The number of nitrogens with zero attached hydrogens (tertiary/aromatic N) is 2. The molecule has 2 aliphatic rings. The van der Waals surface area contributed by atoms with Gasteiger partial charge in [0.05, 0.1) is 16.4 Å². The average molecular weight is 557 g/mol. The van der Waals surface area contributed by atoms with Crippen molar-refractivity contribution in [1.82, 2.24) is 15.1 Å². The fraction of sp³-hybridized carbons (Fsp3) is 0.400. The Labute approximate surface area is 234 Å². The lowest BCUT2D eigenvalue weighted by atomic mass is 9.68. The van der Waals surface area contributed by atoms with Crippen LogP contribution >= 0.6 is 34.8 Å². The molecule has 2 bridgehead atoms. The number of aromatic nitrogens is 2. The molecule has 0 radical (unpaired) electrons. The zero-order chi connectivity index (χ0) is 26.7. The van der Waals surface area contributed by atoms with Crippen LogP contribution in [0.3, 0.4) is 0 Å². The number of nitrogens with one attached hydrogen (secondary N) is 1. The maximum absolute atomic E-state index is 13.8. The smallest absolute Gasteiger partial charge is 0.272 e. The van der Waals surface area contributed by atoms with Crippen molar-refractivity contribution in [1.29, 1.82) is 0 Å². The second-order valence-corrected chi connectivity index (χ2v) is 12.8. The third-order valence-corrected chi connectivity index (χ3v) is 9.44. The summed E-state index contributed by atoms with van der Waals surface area (Å²) >= 11 is 18.9. The zero-order valence-electron chi connectivity index (χ0n) is 21.8. The summed E-state index contributed by atoms with van der Waals surface area (Å²) in [5.41, 5.74) is 4.81. The van der Waals surface area contributed by atoms with Gasteiger partial charge in [-0.2, -0.15) is 5.10 Å². The Morgan fingerprint density at radius 2 is 1.76 bits per heavy atom. The summed E-state index contributed by atoms with van der Waals surface area (Å²) in [5, 5.41) is 9.92. The van der Waals surface area contributed by atoms with Crippen LogP contribution in [-0.2, 0) is 0 Å². The van der Waals surface area contributed by atoms with E-state index in [1.807, 2.05) is 44.2 Å². The highest BCUT2D eigenvalue weighted by Gasteiger charge is 2.59. The molecule has 2 saturated carbocycles. The van der Waals surface area contributed by atoms with Crippen LogP contribution in [0.4, 0.5) is 0 Å². The number of benzene rings is 2. The molecule has 1 heterocycles. The molecule has 1 aromatic heterocycles. The van der Waals surface area contributed by atoms with Gasteiger partial charge in [-0.25, -0.2) is 4.68 Å². The minimum atomic E-state index is -0.145. The summed E-state index contributed by atoms with van der Waals surface area (Å²) < 4.78 is 1.76. The third kappa shape index (κ3) is 4.62. The quantitative estimate of drug-likeness (QED) is 0.342. The van der Waals surface area contributed by atoms with E-state index >= 15 is 0 Å². The summed E-state index contributed by atoms with van der Waals surface area (Å²) in [4.78, 5) is 13.8. The molecular formula is C30H32Cl3N3O. The summed E-state index contributed by atoms with van der Waals surface area (Å²) in [5.74, 6) is 0.489. The molecule has 3 atom stereocenters. The van der Waals surface area contributed by atoms with Crippen molar-refractivity contribution in [3.05, 3.63) is 80.0 Å². The molecule has 0 spiro atoms. The van der Waals surface area contributed by atoms with Gasteiger partial charge in [0.1, 0.15) is 0 Å². The summed E-state index contributed by atoms with van der Waals surface area (Å²) in [6.45, 7) is 10.9. The Kier molecular flexibility index (Phi) is 6.75. The number of hydrogen-bond donors (Lipinski definition) is 1. The lowest BCUT2D eigenvalue weighted by molar-refractivity contribution is 0.0732. The summed E-state index contributed by atoms with van der Waals surface area (Å²) in [6, 6.07) is 13.0. The average Bonchev–Trinajstić information content (AvgIpc) is 3.44. The normalized spacial score (nSPS) is 24.5. The molecule has 3 aromatic rings. The fourth-order valence-electron chi connectivity index (χ4n) is 6.74. The first-order valence-corrected chi connectivity index (χ1v) is 13.8. The highest BCUT2D eigenvalue weighted by Crippen LogP contribution is 2.62. The molecule has 2 aliphatic carbocycles. The standard InChI is InChI=1S/C30H32Cl3N3O/c1-17(14-19-6-8-21(31)9-7-19)26-18(2)25(35-36(26)24-11-10-22(32)15-23(24)33)27(37)34-28-29(3,4)20-12-13-30(28,5)16-20/h6-11,14-15,20,28H,12-13,16H2,1-5H3,(H,34,37)/t20-,28+,30+/m1/s1. The number of fused-ring (bicyclic) bond motifs is 2. The number of carbonyl (C=O) groups excluding carboxylic acids is 1. The topological polar surface area (TPSA) is 46.9 Å². The van der Waals surface area contributed by atoms with Crippen molar-refractivity contribution < 1.29 is 4.79 Å². The minimum absolute atomic E-state index is 0.0475. The van der Waals surface area contributed by atoms with Crippen molar-refractivity contribution in [2.24, 2.45) is 16.7 Å². The molecule has 2 fully saturated rings. The van der Waals surface area contributed by atoms with Crippen LogP contribution in [0.1, 0.15) is 74.3 Å². The van der Waals surface area contributed by atoms with Gasteiger partial charge >= 0.3 is 0 Å². The molecular weight excluding hydrogens is 525 g/mol. The Morgan fingerprint density at radius 1 is 1.08 bits per heavy atom. The van der Waals surface area contributed by atoms with Gasteiger partial charge in [-0.15, -0.1) is 0 Å². The monoisotopic (exact) mass is 555 g/mol. The molecule has 0 unspecified atom stereocenters. The Bertz CT molecular complexity index is 1400. The van der Waals surface area contributed by atoms with E-state index in [1.165, 1.54) is 6.42 Å². The van der Waals surface area contributed by atoms with E-state index < -0.39 is 0 Å². The molecule has 1 N–H and O–H groups in total. The van der Waals surface area contributed by atoms with Gasteiger partial charge in [0.25, 0.3) is 5.91 Å². The summed E-state index contributed by atoms with van der Waals surface area (Å²) in [6.07, 6.45) is 5.60. The van der Waals surface area contributed by atoms with Gasteiger partial charge in [0.2, 0.25) is 0 Å². The largest absolute Gasteiger partial charge is 0.347 e. The van der Waals surface area contributed by atoms with E-state index in [2.05, 4.69) is 32.2 Å². The molecule has 194 valence electrons. The number of halogens is 3. The summed E-state index contributed by atoms with van der Waals surface area (Å²) in [7, 11) is 0. The Hall–Kier alpha value is -2.27. The Balaban J connectivity index is 1.58. The fourth-order valence-corrected chi connectivity index (χ4v) is 7.36. The lowest BCUT2D eigenvalue weighted by Crippen LogP contribution is -2.52. The van der Waals surface area contributed by atoms with Crippen molar-refractivity contribution in [2.45, 2.75) is 59.9 Å². The van der Waals surface area contributed by atoms with Gasteiger partial charge in [-0.3, -0.25) is 4.79 Å². The van der Waals surface area contributed by atoms with Crippen LogP contribution < -0.4 is 5.32 Å². The predicted octanol–water partition coefficient (Wildman–Crippen LogP) is 8.65. The van der Waals surface area contributed by atoms with Crippen LogP contribution in [0.15, 0.2) is 42.5 Å². The molecule has 7 heteroatoms. The van der Waals surface area contributed by atoms with E-state index in [0.717, 1.165) is 35.2 Å². The molecule has 0 saturated heterocycles. The van der Waals surface area contributed by atoms with E-state index in [9.17, 15) is 4.79 Å². The van der Waals surface area contributed by atoms with Gasteiger partial charge in [-0.05, 0) is 97.4 Å². The SMILES string of the molecule is CC(=Cc1ccc(Cl)cc1)c1c(C)c(C(=O)N[C@H]2C(C)(C)[C@@H]3CC[C@@]2(C)C3)nn1-c1ccc(Cl)cc1Cl. The second-order valence-electron chi connectivity index (χ2n) is 11.5. The van der Waals surface area contributed by atoms with Crippen molar-refractivity contribution in [2.75, 3.05) is 0 Å². The van der Waals surface area contributed by atoms with Crippen molar-refractivity contribution >= 4 is 52.4 Å². The molecule has 0 aliphatic heterocycles. The van der Waals surface area contributed by atoms with Crippen LogP contribution in [0.2, 0.25) is 15.1 Å². The first-order valence-electron chi connectivity index (χ1n) is 12.7.